The molecule has 88 valence electrons. The van der Waals surface area contributed by atoms with E-state index in [1.165, 1.54) is 0 Å². The molecule has 1 unspecified atom stereocenters. The van der Waals surface area contributed by atoms with E-state index in [1.54, 1.807) is 7.05 Å². The van der Waals surface area contributed by atoms with Gasteiger partial charge in [-0.1, -0.05) is 0 Å². The van der Waals surface area contributed by atoms with Gasteiger partial charge in [-0.3, -0.25) is 4.99 Å². The van der Waals surface area contributed by atoms with E-state index in [1.807, 2.05) is 12.3 Å². The molecule has 0 aromatic heterocycles. The van der Waals surface area contributed by atoms with Crippen molar-refractivity contribution in [1.29, 1.82) is 0 Å². The zero-order valence-corrected chi connectivity index (χ0v) is 11.2. The first-order valence-electron chi connectivity index (χ1n) is 5.44. The molecule has 0 saturated carbocycles. The Morgan fingerprint density at radius 1 is 1.59 bits per heavy atom. The standard InChI is InChI=1S/C11H12BrN5/c1-6-5-17-9-7(3-8(12)10(17)15-6)4-14-11(13-2)16-9/h3-4,6,15H,5H2,1-2H3. The molecule has 0 saturated heterocycles. The van der Waals surface area contributed by atoms with Crippen molar-refractivity contribution in [2.45, 2.75) is 19.5 Å². The first-order chi connectivity index (χ1) is 8.19. The predicted molar refractivity (Wildman–Crippen MR) is 68.9 cm³/mol. The minimum absolute atomic E-state index is 0.411. The topological polar surface area (TPSA) is 55.1 Å². The van der Waals surface area contributed by atoms with Crippen LogP contribution in [-0.2, 0) is 6.54 Å². The molecule has 0 spiro atoms. The molecule has 3 heterocycles. The third-order valence-corrected chi connectivity index (χ3v) is 3.46. The number of hydrogen-bond donors (Lipinski definition) is 1. The lowest BCUT2D eigenvalue weighted by molar-refractivity contribution is 0.684. The van der Waals surface area contributed by atoms with Gasteiger partial charge in [-0.15, -0.1) is 0 Å². The minimum Gasteiger partial charge on any atom is -0.366 e. The first kappa shape index (κ1) is 10.7. The van der Waals surface area contributed by atoms with Crippen molar-refractivity contribution in [3.63, 3.8) is 0 Å². The van der Waals surface area contributed by atoms with E-state index in [-0.39, 0.29) is 0 Å². The van der Waals surface area contributed by atoms with Crippen LogP contribution in [0.4, 0.5) is 5.82 Å². The number of hydrogen-bond acceptors (Lipinski definition) is 4. The van der Waals surface area contributed by atoms with Crippen LogP contribution in [0.15, 0.2) is 21.7 Å². The van der Waals surface area contributed by atoms with E-state index in [9.17, 15) is 0 Å². The number of halogens is 1. The summed E-state index contributed by atoms with van der Waals surface area (Å²) in [5, 5.41) is 3.42. The van der Waals surface area contributed by atoms with Crippen LogP contribution in [0.1, 0.15) is 6.92 Å². The van der Waals surface area contributed by atoms with Crippen LogP contribution >= 0.6 is 15.9 Å². The van der Waals surface area contributed by atoms with E-state index < -0.39 is 0 Å². The van der Waals surface area contributed by atoms with Crippen LogP contribution in [0, 0.1) is 0 Å². The number of nitrogens with zero attached hydrogens (tertiary/aromatic N) is 4. The summed E-state index contributed by atoms with van der Waals surface area (Å²) in [5.41, 5.74) is 1.54. The Labute approximate surface area is 107 Å². The van der Waals surface area contributed by atoms with Gasteiger partial charge in [-0.25, -0.2) is 4.98 Å². The van der Waals surface area contributed by atoms with Crippen LogP contribution in [0.25, 0.3) is 11.4 Å². The van der Waals surface area contributed by atoms with Gasteiger partial charge < -0.3 is 9.88 Å². The Balaban J connectivity index is 2.35. The number of nitrogens with one attached hydrogen (secondary N) is 1. The number of fused-ring (bicyclic) bond motifs is 3. The van der Waals surface area contributed by atoms with Gasteiger partial charge in [0.05, 0.1) is 4.47 Å². The molecule has 0 fully saturated rings. The molecule has 0 aromatic rings. The van der Waals surface area contributed by atoms with E-state index >= 15 is 0 Å². The SMILES string of the molecule is CN=c1ncc2cc(Br)c3n(c-2n1)CC(C)N3. The van der Waals surface area contributed by atoms with Gasteiger partial charge in [-0.05, 0) is 28.9 Å². The molecule has 1 N–H and O–H groups in total. The second-order valence-corrected chi connectivity index (χ2v) is 5.02. The zero-order chi connectivity index (χ0) is 12.0. The lowest BCUT2D eigenvalue weighted by atomic mass is 10.2. The molecule has 17 heavy (non-hydrogen) atoms. The molecule has 3 aliphatic rings. The van der Waals surface area contributed by atoms with Crippen molar-refractivity contribution in [3.8, 4) is 11.4 Å². The molecular weight excluding hydrogens is 282 g/mol. The molecule has 3 rings (SSSR count). The predicted octanol–water partition coefficient (Wildman–Crippen LogP) is 1.49. The third kappa shape index (κ3) is 1.63. The molecule has 5 nitrogen and oxygen atoms in total. The largest absolute Gasteiger partial charge is 0.366 e. The van der Waals surface area contributed by atoms with Gasteiger partial charge >= 0.3 is 0 Å². The Bertz CT molecular complexity index is 618. The summed E-state index contributed by atoms with van der Waals surface area (Å²) in [7, 11) is 1.70. The van der Waals surface area contributed by atoms with Crippen LogP contribution in [0.3, 0.4) is 0 Å². The molecule has 0 amide bonds. The Morgan fingerprint density at radius 2 is 2.41 bits per heavy atom. The quantitative estimate of drug-likeness (QED) is 0.801. The summed E-state index contributed by atoms with van der Waals surface area (Å²) in [4.78, 5) is 12.7. The Hall–Kier alpha value is -1.43. The van der Waals surface area contributed by atoms with Gasteiger partial charge in [0.15, 0.2) is 0 Å². The molecule has 0 radical (unpaired) electrons. The van der Waals surface area contributed by atoms with E-state index in [2.05, 4.69) is 47.7 Å². The lowest BCUT2D eigenvalue weighted by Crippen LogP contribution is -2.17. The maximum absolute atomic E-state index is 4.47. The molecular formula is C11H12BrN5. The van der Waals surface area contributed by atoms with Crippen LogP contribution in [-0.4, -0.2) is 27.6 Å². The number of rotatable bonds is 0. The summed E-state index contributed by atoms with van der Waals surface area (Å²) in [6.07, 6.45) is 1.81. The van der Waals surface area contributed by atoms with Crippen LogP contribution in [0.5, 0.6) is 0 Å². The summed E-state index contributed by atoms with van der Waals surface area (Å²) >= 11 is 3.57. The van der Waals surface area contributed by atoms with E-state index in [4.69, 9.17) is 0 Å². The fourth-order valence-corrected chi connectivity index (χ4v) is 2.69. The highest BCUT2D eigenvalue weighted by Gasteiger charge is 2.23. The van der Waals surface area contributed by atoms with Gasteiger partial charge in [0, 0.05) is 31.4 Å². The van der Waals surface area contributed by atoms with Crippen molar-refractivity contribution in [3.05, 3.63) is 22.4 Å². The molecule has 0 aromatic carbocycles. The van der Waals surface area contributed by atoms with Gasteiger partial charge in [0.1, 0.15) is 11.6 Å². The van der Waals surface area contributed by atoms with Crippen molar-refractivity contribution in [2.75, 3.05) is 12.4 Å². The van der Waals surface area contributed by atoms with Gasteiger partial charge in [0.2, 0.25) is 5.62 Å². The fourth-order valence-electron chi connectivity index (χ4n) is 2.12. The second-order valence-electron chi connectivity index (χ2n) is 4.17. The monoisotopic (exact) mass is 293 g/mol. The normalized spacial score (nSPS) is 19.5. The van der Waals surface area contributed by atoms with Crippen LogP contribution in [0.2, 0.25) is 0 Å². The smallest absolute Gasteiger partial charge is 0.246 e. The van der Waals surface area contributed by atoms with Gasteiger partial charge in [0.25, 0.3) is 0 Å². The molecule has 1 atom stereocenters. The summed E-state index contributed by atoms with van der Waals surface area (Å²) < 4.78 is 3.21. The highest BCUT2D eigenvalue weighted by atomic mass is 79.9. The maximum Gasteiger partial charge on any atom is 0.246 e. The molecule has 6 heteroatoms. The van der Waals surface area contributed by atoms with E-state index in [0.29, 0.717) is 11.7 Å². The summed E-state index contributed by atoms with van der Waals surface area (Å²) in [6, 6.07) is 2.44. The average molecular weight is 294 g/mol. The maximum atomic E-state index is 4.47. The summed E-state index contributed by atoms with van der Waals surface area (Å²) in [6.45, 7) is 3.06. The highest BCUT2D eigenvalue weighted by molar-refractivity contribution is 9.10. The second kappa shape index (κ2) is 3.80. The first-order valence-corrected chi connectivity index (χ1v) is 6.24. The van der Waals surface area contributed by atoms with Crippen molar-refractivity contribution in [1.82, 2.24) is 14.5 Å². The lowest BCUT2D eigenvalue weighted by Gasteiger charge is -2.13. The van der Waals surface area contributed by atoms with E-state index in [0.717, 1.165) is 28.2 Å². The van der Waals surface area contributed by atoms with Crippen molar-refractivity contribution in [2.24, 2.45) is 4.99 Å². The average Bonchev–Trinajstić information content (AvgIpc) is 2.72. The van der Waals surface area contributed by atoms with Crippen molar-refractivity contribution < 1.29 is 0 Å². The van der Waals surface area contributed by atoms with Gasteiger partial charge in [-0.2, -0.15) is 4.98 Å². The number of anilines is 1. The Morgan fingerprint density at radius 3 is 3.18 bits per heavy atom. The molecule has 3 aliphatic heterocycles. The minimum atomic E-state index is 0.411. The van der Waals surface area contributed by atoms with Crippen LogP contribution < -0.4 is 10.9 Å². The molecule has 0 bridgehead atoms. The summed E-state index contributed by atoms with van der Waals surface area (Å²) in [5.74, 6) is 2.00. The zero-order valence-electron chi connectivity index (χ0n) is 9.61. The highest BCUT2D eigenvalue weighted by Crippen LogP contribution is 2.34. The fraction of sp³-hybridized carbons (Fsp3) is 0.364. The number of pyridine rings is 1. The Kier molecular flexibility index (Phi) is 2.39. The number of aromatic nitrogens is 3. The molecule has 0 aliphatic carbocycles. The van der Waals surface area contributed by atoms with Crippen molar-refractivity contribution >= 4 is 21.7 Å². The third-order valence-electron chi connectivity index (χ3n) is 2.86.